The van der Waals surface area contributed by atoms with Gasteiger partial charge in [-0.15, -0.1) is 0 Å². The van der Waals surface area contributed by atoms with Crippen LogP contribution in [0, 0.1) is 17.6 Å². The van der Waals surface area contributed by atoms with Gasteiger partial charge in [0.1, 0.15) is 11.6 Å². The smallest absolute Gasteiger partial charge is 0.163 e. The Kier molecular flexibility index (Phi) is 4.55. The van der Waals surface area contributed by atoms with Crippen molar-refractivity contribution in [2.45, 2.75) is 19.8 Å². The molecule has 1 aromatic rings. The van der Waals surface area contributed by atoms with Crippen molar-refractivity contribution < 1.29 is 13.6 Å². The molecule has 0 heterocycles. The van der Waals surface area contributed by atoms with Gasteiger partial charge in [0.25, 0.3) is 0 Å². The van der Waals surface area contributed by atoms with Gasteiger partial charge < -0.3 is 5.73 Å². The van der Waals surface area contributed by atoms with Crippen LogP contribution in [0.25, 0.3) is 0 Å². The van der Waals surface area contributed by atoms with Crippen LogP contribution in [0.15, 0.2) is 18.2 Å². The number of hydrogen-bond donors (Lipinski definition) is 1. The van der Waals surface area contributed by atoms with Crippen molar-refractivity contribution in [1.29, 1.82) is 0 Å². The monoisotopic (exact) mass is 227 g/mol. The molecule has 88 valence electrons. The number of halogens is 2. The number of carbonyl (C=O) groups excluding carboxylic acids is 1. The summed E-state index contributed by atoms with van der Waals surface area (Å²) >= 11 is 0. The van der Waals surface area contributed by atoms with Crippen molar-refractivity contribution in [3.63, 3.8) is 0 Å². The molecule has 1 aromatic carbocycles. The standard InChI is InChI=1S/C12H15F2NO/c1-8(7-15)2-3-12(16)9-4-10(13)6-11(14)5-9/h4-6,8H,2-3,7,15H2,1H3. The molecule has 0 saturated heterocycles. The quantitative estimate of drug-likeness (QED) is 0.785. The average molecular weight is 227 g/mol. The summed E-state index contributed by atoms with van der Waals surface area (Å²) in [6, 6.07) is 2.86. The predicted octanol–water partition coefficient (Wildman–Crippen LogP) is 2.52. The van der Waals surface area contributed by atoms with Gasteiger partial charge in [0.05, 0.1) is 0 Å². The highest BCUT2D eigenvalue weighted by molar-refractivity contribution is 5.96. The van der Waals surface area contributed by atoms with E-state index in [2.05, 4.69) is 0 Å². The molecule has 0 fully saturated rings. The Labute approximate surface area is 93.5 Å². The molecule has 1 atom stereocenters. The summed E-state index contributed by atoms with van der Waals surface area (Å²) < 4.78 is 25.7. The highest BCUT2D eigenvalue weighted by atomic mass is 19.1. The number of carbonyl (C=O) groups is 1. The lowest BCUT2D eigenvalue weighted by Crippen LogP contribution is -2.12. The summed E-state index contributed by atoms with van der Waals surface area (Å²) in [4.78, 5) is 11.6. The molecule has 0 saturated carbocycles. The van der Waals surface area contributed by atoms with Crippen LogP contribution < -0.4 is 5.73 Å². The topological polar surface area (TPSA) is 43.1 Å². The number of ketones is 1. The maximum absolute atomic E-state index is 12.8. The summed E-state index contributed by atoms with van der Waals surface area (Å²) in [6.07, 6.45) is 0.898. The van der Waals surface area contributed by atoms with E-state index in [9.17, 15) is 13.6 Å². The second kappa shape index (κ2) is 5.70. The van der Waals surface area contributed by atoms with Crippen LogP contribution in [0.1, 0.15) is 30.1 Å². The van der Waals surface area contributed by atoms with Gasteiger partial charge in [0, 0.05) is 18.1 Å². The first kappa shape index (κ1) is 12.8. The van der Waals surface area contributed by atoms with Gasteiger partial charge in [-0.2, -0.15) is 0 Å². The van der Waals surface area contributed by atoms with E-state index in [1.54, 1.807) is 0 Å². The minimum Gasteiger partial charge on any atom is -0.330 e. The van der Waals surface area contributed by atoms with Gasteiger partial charge in [0.15, 0.2) is 5.78 Å². The van der Waals surface area contributed by atoms with Crippen molar-refractivity contribution in [3.8, 4) is 0 Å². The van der Waals surface area contributed by atoms with Gasteiger partial charge in [-0.25, -0.2) is 8.78 Å². The van der Waals surface area contributed by atoms with Gasteiger partial charge in [0.2, 0.25) is 0 Å². The third-order valence-corrected chi connectivity index (χ3v) is 2.45. The van der Waals surface area contributed by atoms with Crippen LogP contribution in [0.2, 0.25) is 0 Å². The summed E-state index contributed by atoms with van der Waals surface area (Å²) in [5.41, 5.74) is 5.50. The zero-order chi connectivity index (χ0) is 12.1. The van der Waals surface area contributed by atoms with E-state index < -0.39 is 11.6 Å². The molecule has 0 aliphatic carbocycles. The maximum atomic E-state index is 12.8. The number of hydrogen-bond acceptors (Lipinski definition) is 2. The molecule has 1 unspecified atom stereocenters. The highest BCUT2D eigenvalue weighted by Gasteiger charge is 2.10. The second-order valence-corrected chi connectivity index (χ2v) is 3.96. The zero-order valence-corrected chi connectivity index (χ0v) is 9.17. The first-order valence-electron chi connectivity index (χ1n) is 5.22. The van der Waals surface area contributed by atoms with E-state index in [1.165, 1.54) is 0 Å². The van der Waals surface area contributed by atoms with Crippen molar-refractivity contribution in [3.05, 3.63) is 35.4 Å². The predicted molar refractivity (Wildman–Crippen MR) is 58.1 cm³/mol. The fourth-order valence-electron chi connectivity index (χ4n) is 1.35. The minimum atomic E-state index is -0.727. The second-order valence-electron chi connectivity index (χ2n) is 3.96. The van der Waals surface area contributed by atoms with Gasteiger partial charge in [-0.3, -0.25) is 4.79 Å². The van der Waals surface area contributed by atoms with Crippen LogP contribution in [-0.2, 0) is 0 Å². The Hall–Kier alpha value is -1.29. The van der Waals surface area contributed by atoms with E-state index in [-0.39, 0.29) is 23.7 Å². The third kappa shape index (κ3) is 3.70. The van der Waals surface area contributed by atoms with Crippen LogP contribution in [-0.4, -0.2) is 12.3 Å². The van der Waals surface area contributed by atoms with Crippen molar-refractivity contribution in [1.82, 2.24) is 0 Å². The normalized spacial score (nSPS) is 12.5. The number of nitrogens with two attached hydrogens (primary N) is 1. The molecule has 0 aliphatic rings. The first-order chi connectivity index (χ1) is 7.52. The molecule has 16 heavy (non-hydrogen) atoms. The Balaban J connectivity index is 2.66. The van der Waals surface area contributed by atoms with Crippen LogP contribution in [0.5, 0.6) is 0 Å². The lowest BCUT2D eigenvalue weighted by molar-refractivity contribution is 0.0974. The molecule has 0 bridgehead atoms. The Morgan fingerprint density at radius 3 is 2.38 bits per heavy atom. The van der Waals surface area contributed by atoms with Gasteiger partial charge in [-0.05, 0) is 31.0 Å². The van der Waals surface area contributed by atoms with Gasteiger partial charge in [-0.1, -0.05) is 6.92 Å². The maximum Gasteiger partial charge on any atom is 0.163 e. The number of rotatable bonds is 5. The SMILES string of the molecule is CC(CN)CCC(=O)c1cc(F)cc(F)c1. The molecule has 4 heteroatoms. The molecule has 0 aromatic heterocycles. The largest absolute Gasteiger partial charge is 0.330 e. The van der Waals surface area contributed by atoms with Crippen molar-refractivity contribution in [2.75, 3.05) is 6.54 Å². The Morgan fingerprint density at radius 2 is 1.88 bits per heavy atom. The molecule has 0 aliphatic heterocycles. The van der Waals surface area contributed by atoms with E-state index in [4.69, 9.17) is 5.73 Å². The van der Waals surface area contributed by atoms with Crippen molar-refractivity contribution in [2.24, 2.45) is 11.7 Å². The number of benzene rings is 1. The molecule has 2 N–H and O–H groups in total. The fraction of sp³-hybridized carbons (Fsp3) is 0.417. The highest BCUT2D eigenvalue weighted by Crippen LogP contribution is 2.13. The van der Waals surface area contributed by atoms with E-state index in [1.807, 2.05) is 6.92 Å². The molecule has 0 amide bonds. The lowest BCUT2D eigenvalue weighted by Gasteiger charge is -2.07. The summed E-state index contributed by atoms with van der Waals surface area (Å²) in [7, 11) is 0. The van der Waals surface area contributed by atoms with E-state index >= 15 is 0 Å². The van der Waals surface area contributed by atoms with Crippen molar-refractivity contribution >= 4 is 5.78 Å². The average Bonchev–Trinajstić information content (AvgIpc) is 2.23. The lowest BCUT2D eigenvalue weighted by atomic mass is 10.00. The fourth-order valence-corrected chi connectivity index (χ4v) is 1.35. The summed E-state index contributed by atoms with van der Waals surface area (Å²) in [6.45, 7) is 2.43. The molecule has 2 nitrogen and oxygen atoms in total. The van der Waals surface area contributed by atoms with E-state index in [0.29, 0.717) is 13.0 Å². The van der Waals surface area contributed by atoms with E-state index in [0.717, 1.165) is 18.2 Å². The number of Topliss-reactive ketones (excluding diaryl/α,β-unsaturated/α-hetero) is 1. The molecule has 1 rings (SSSR count). The zero-order valence-electron chi connectivity index (χ0n) is 9.17. The summed E-state index contributed by atoms with van der Waals surface area (Å²) in [5, 5.41) is 0. The molecule has 0 spiro atoms. The van der Waals surface area contributed by atoms with Crippen LogP contribution >= 0.6 is 0 Å². The Morgan fingerprint density at radius 1 is 1.31 bits per heavy atom. The summed E-state index contributed by atoms with van der Waals surface area (Å²) in [5.74, 6) is -1.47. The first-order valence-corrected chi connectivity index (χ1v) is 5.22. The molecular weight excluding hydrogens is 212 g/mol. The van der Waals surface area contributed by atoms with Crippen LogP contribution in [0.4, 0.5) is 8.78 Å². The van der Waals surface area contributed by atoms with Crippen LogP contribution in [0.3, 0.4) is 0 Å². The Bertz CT molecular complexity index is 359. The molecular formula is C12H15F2NO. The third-order valence-electron chi connectivity index (χ3n) is 2.45. The molecule has 0 radical (unpaired) electrons. The minimum absolute atomic E-state index is 0.0849. The van der Waals surface area contributed by atoms with Gasteiger partial charge >= 0.3 is 0 Å².